The van der Waals surface area contributed by atoms with E-state index in [0.717, 1.165) is 40.2 Å². The monoisotopic (exact) mass is 371 g/mol. The van der Waals surface area contributed by atoms with Gasteiger partial charge in [-0.1, -0.05) is 5.16 Å². The maximum Gasteiger partial charge on any atom is 0.270 e. The molecule has 26 heavy (non-hydrogen) atoms. The molecule has 3 N–H and O–H groups in total. The van der Waals surface area contributed by atoms with Gasteiger partial charge >= 0.3 is 0 Å². The number of aryl methyl sites for hydroxylation is 2. The van der Waals surface area contributed by atoms with E-state index in [1.54, 1.807) is 11.3 Å². The Hall–Kier alpha value is -2.16. The van der Waals surface area contributed by atoms with E-state index in [-0.39, 0.29) is 11.9 Å². The molecule has 0 bridgehead atoms. The number of carbonyl (C=O) groups excluding carboxylic acids is 1. The van der Waals surface area contributed by atoms with E-state index in [2.05, 4.69) is 21.0 Å². The SMILES string of the molecule is Cc1noc(C)c1C1NNC2CCN(C(=O)c3cc4sccc4[nH]3)CC21. The molecule has 136 valence electrons. The highest BCUT2D eigenvalue weighted by Crippen LogP contribution is 2.36. The Kier molecular flexibility index (Phi) is 3.66. The van der Waals surface area contributed by atoms with E-state index in [4.69, 9.17) is 4.52 Å². The molecule has 0 aromatic carbocycles. The normalized spacial score (nSPS) is 25.8. The van der Waals surface area contributed by atoms with E-state index in [1.807, 2.05) is 36.3 Å². The van der Waals surface area contributed by atoms with Gasteiger partial charge in [-0.2, -0.15) is 0 Å². The van der Waals surface area contributed by atoms with Crippen LogP contribution in [0.1, 0.15) is 40.0 Å². The molecule has 2 aliphatic rings. The summed E-state index contributed by atoms with van der Waals surface area (Å²) >= 11 is 1.65. The molecule has 1 amide bonds. The first kappa shape index (κ1) is 16.0. The number of H-pyrrole nitrogens is 1. The number of rotatable bonds is 2. The number of aromatic nitrogens is 2. The van der Waals surface area contributed by atoms with Crippen LogP contribution >= 0.6 is 11.3 Å². The predicted molar refractivity (Wildman–Crippen MR) is 99.0 cm³/mol. The molecular weight excluding hydrogens is 350 g/mol. The highest BCUT2D eigenvalue weighted by Gasteiger charge is 2.43. The molecule has 5 heterocycles. The van der Waals surface area contributed by atoms with Gasteiger partial charge in [-0.15, -0.1) is 11.3 Å². The molecule has 3 atom stereocenters. The molecule has 7 nitrogen and oxygen atoms in total. The Balaban J connectivity index is 1.40. The number of thiophene rings is 1. The fourth-order valence-corrected chi connectivity index (χ4v) is 5.12. The lowest BCUT2D eigenvalue weighted by Gasteiger charge is -2.36. The number of aromatic amines is 1. The molecular formula is C18H21N5O2S. The van der Waals surface area contributed by atoms with Crippen molar-refractivity contribution < 1.29 is 9.32 Å². The molecule has 0 spiro atoms. The van der Waals surface area contributed by atoms with Gasteiger partial charge in [0.2, 0.25) is 0 Å². The number of fused-ring (bicyclic) bond motifs is 2. The summed E-state index contributed by atoms with van der Waals surface area (Å²) in [4.78, 5) is 18.2. The summed E-state index contributed by atoms with van der Waals surface area (Å²) in [6.07, 6.45) is 0.929. The van der Waals surface area contributed by atoms with Gasteiger partial charge in [0, 0.05) is 30.6 Å². The number of amides is 1. The topological polar surface area (TPSA) is 86.2 Å². The number of likely N-dealkylation sites (tertiary alicyclic amines) is 1. The highest BCUT2D eigenvalue weighted by molar-refractivity contribution is 7.17. The number of piperidine rings is 1. The van der Waals surface area contributed by atoms with Gasteiger partial charge in [0.05, 0.1) is 22.0 Å². The molecule has 3 unspecified atom stereocenters. The Bertz CT molecular complexity index is 925. The van der Waals surface area contributed by atoms with Gasteiger partial charge in [0.1, 0.15) is 11.5 Å². The van der Waals surface area contributed by atoms with Crippen LogP contribution < -0.4 is 10.9 Å². The van der Waals surface area contributed by atoms with E-state index in [0.29, 0.717) is 24.2 Å². The first-order valence-corrected chi connectivity index (χ1v) is 9.79. The summed E-state index contributed by atoms with van der Waals surface area (Å²) in [5.41, 5.74) is 10.5. The lowest BCUT2D eigenvalue weighted by molar-refractivity contribution is 0.0647. The number of hydrogen-bond donors (Lipinski definition) is 3. The largest absolute Gasteiger partial charge is 0.361 e. The second kappa shape index (κ2) is 5.94. The van der Waals surface area contributed by atoms with Crippen LogP contribution in [-0.2, 0) is 0 Å². The van der Waals surface area contributed by atoms with Crippen LogP contribution in [0.3, 0.4) is 0 Å². The molecule has 8 heteroatoms. The molecule has 3 aromatic rings. The zero-order valence-electron chi connectivity index (χ0n) is 14.7. The molecule has 5 rings (SSSR count). The zero-order chi connectivity index (χ0) is 17.8. The molecule has 2 saturated heterocycles. The standard InChI is InChI=1S/C18H21N5O2S/c1-9-16(10(2)25-22-9)17-11-8-23(5-3-12(11)20-21-17)18(24)14-7-15-13(19-14)4-6-26-15/h4,6-7,11-12,17,19-21H,3,5,8H2,1-2H3. The van der Waals surface area contributed by atoms with Crippen molar-refractivity contribution in [3.63, 3.8) is 0 Å². The van der Waals surface area contributed by atoms with Gasteiger partial charge in [0.25, 0.3) is 5.91 Å². The quantitative estimate of drug-likeness (QED) is 0.644. The van der Waals surface area contributed by atoms with Gasteiger partial charge in [-0.25, -0.2) is 5.43 Å². The minimum Gasteiger partial charge on any atom is -0.361 e. The van der Waals surface area contributed by atoms with Crippen LogP contribution in [0.5, 0.6) is 0 Å². The Morgan fingerprint density at radius 3 is 3.04 bits per heavy atom. The van der Waals surface area contributed by atoms with Gasteiger partial charge in [-0.3, -0.25) is 10.2 Å². The highest BCUT2D eigenvalue weighted by atomic mass is 32.1. The minimum absolute atomic E-state index is 0.0799. The third kappa shape index (κ3) is 2.40. The second-order valence-corrected chi connectivity index (χ2v) is 8.14. The number of hydrazine groups is 1. The maximum atomic E-state index is 13.0. The van der Waals surface area contributed by atoms with Gasteiger partial charge in [-0.05, 0) is 37.8 Å². The van der Waals surface area contributed by atoms with Crippen molar-refractivity contribution in [2.45, 2.75) is 32.4 Å². The molecule has 0 radical (unpaired) electrons. The number of carbonyl (C=O) groups is 1. The van der Waals surface area contributed by atoms with Crippen molar-refractivity contribution in [2.75, 3.05) is 13.1 Å². The van der Waals surface area contributed by atoms with Crippen molar-refractivity contribution >= 4 is 27.5 Å². The summed E-state index contributed by atoms with van der Waals surface area (Å²) in [5, 5.41) is 6.12. The van der Waals surface area contributed by atoms with Crippen molar-refractivity contribution in [3.05, 3.63) is 40.2 Å². The van der Waals surface area contributed by atoms with Crippen LogP contribution in [-0.4, -0.2) is 40.1 Å². The van der Waals surface area contributed by atoms with Gasteiger partial charge in [0.15, 0.2) is 0 Å². The van der Waals surface area contributed by atoms with E-state index < -0.39 is 0 Å². The van der Waals surface area contributed by atoms with Crippen LogP contribution in [0, 0.1) is 19.8 Å². The second-order valence-electron chi connectivity index (χ2n) is 7.20. The van der Waals surface area contributed by atoms with Crippen molar-refractivity contribution in [1.29, 1.82) is 0 Å². The molecule has 0 saturated carbocycles. The maximum absolute atomic E-state index is 13.0. The predicted octanol–water partition coefficient (Wildman–Crippen LogP) is 2.51. The van der Waals surface area contributed by atoms with Crippen molar-refractivity contribution in [1.82, 2.24) is 25.9 Å². The minimum atomic E-state index is 0.0799. The number of nitrogens with zero attached hydrogens (tertiary/aromatic N) is 2. The molecule has 2 fully saturated rings. The third-order valence-corrected chi connectivity index (χ3v) is 6.53. The first-order valence-electron chi connectivity index (χ1n) is 8.91. The fourth-order valence-electron chi connectivity index (χ4n) is 4.34. The fraction of sp³-hybridized carbons (Fsp3) is 0.444. The van der Waals surface area contributed by atoms with Crippen LogP contribution in [0.25, 0.3) is 10.2 Å². The van der Waals surface area contributed by atoms with E-state index in [1.165, 1.54) is 0 Å². The molecule has 2 aliphatic heterocycles. The summed E-state index contributed by atoms with van der Waals surface area (Å²) in [6, 6.07) is 4.44. The van der Waals surface area contributed by atoms with Crippen molar-refractivity contribution in [3.8, 4) is 0 Å². The Morgan fingerprint density at radius 1 is 1.38 bits per heavy atom. The lowest BCUT2D eigenvalue weighted by Crippen LogP contribution is -2.48. The smallest absolute Gasteiger partial charge is 0.270 e. The Morgan fingerprint density at radius 2 is 2.27 bits per heavy atom. The average molecular weight is 371 g/mol. The van der Waals surface area contributed by atoms with E-state index in [9.17, 15) is 4.79 Å². The van der Waals surface area contributed by atoms with Crippen LogP contribution in [0.2, 0.25) is 0 Å². The number of hydrogen-bond acceptors (Lipinski definition) is 6. The summed E-state index contributed by atoms with van der Waals surface area (Å²) in [6.45, 7) is 5.39. The first-order chi connectivity index (χ1) is 12.6. The lowest BCUT2D eigenvalue weighted by atomic mass is 9.84. The zero-order valence-corrected chi connectivity index (χ0v) is 15.5. The van der Waals surface area contributed by atoms with E-state index >= 15 is 0 Å². The summed E-state index contributed by atoms with van der Waals surface area (Å²) < 4.78 is 6.48. The van der Waals surface area contributed by atoms with Crippen LogP contribution in [0.4, 0.5) is 0 Å². The van der Waals surface area contributed by atoms with Crippen LogP contribution in [0.15, 0.2) is 22.0 Å². The number of nitrogens with one attached hydrogen (secondary N) is 3. The summed E-state index contributed by atoms with van der Waals surface area (Å²) in [5.74, 6) is 1.22. The third-order valence-electron chi connectivity index (χ3n) is 5.67. The Labute approximate surface area is 154 Å². The molecule has 3 aromatic heterocycles. The average Bonchev–Trinajstić information content (AvgIpc) is 3.37. The molecule has 0 aliphatic carbocycles. The summed E-state index contributed by atoms with van der Waals surface area (Å²) in [7, 11) is 0. The van der Waals surface area contributed by atoms with Crippen molar-refractivity contribution in [2.24, 2.45) is 5.92 Å². The van der Waals surface area contributed by atoms with Gasteiger partial charge < -0.3 is 14.4 Å².